The quantitative estimate of drug-likeness (QED) is 0.0750. The van der Waals surface area contributed by atoms with Gasteiger partial charge in [-0.15, -0.1) is 6.58 Å². The van der Waals surface area contributed by atoms with Crippen LogP contribution >= 0.6 is 11.9 Å². The molecule has 3 amide bonds. The fourth-order valence-electron chi connectivity index (χ4n) is 3.04. The second kappa shape index (κ2) is 39.1. The standard InChI is InChI=1S/C14H26N2O3.C12H25N3O2S.C3H8.3C2H6/c1-6-8-9-16(5)11(4)13(17)15-12(14(18)19)10(3)7-2;1-6-18-15(5)9-10(12(2,3)4)14-11(17)13-7-8-16;1-3-2;3*1-2/h7,10-12H,2,6,8-9H2,1,3-5H3,(H,15,17)(H,18,19);8,10H,6-7,9H2,1-5H3,(H2,13,14,17);3H2,1-2H3;3*1-2H3. The molecule has 0 rings (SSSR count). The summed E-state index contributed by atoms with van der Waals surface area (Å²) in [6, 6.07) is -1.54. The van der Waals surface area contributed by atoms with Crippen LogP contribution < -0.4 is 16.0 Å². The smallest absolute Gasteiger partial charge is 0.326 e. The van der Waals surface area contributed by atoms with Gasteiger partial charge in [0.15, 0.2) is 0 Å². The third-order valence-electron chi connectivity index (χ3n) is 5.85. The third-order valence-corrected chi connectivity index (χ3v) is 6.70. The number of hydrogen-bond donors (Lipinski definition) is 4. The molecule has 46 heavy (non-hydrogen) atoms. The molecular formula is C35H77N5O5S. The van der Waals surface area contributed by atoms with Crippen molar-refractivity contribution in [2.24, 2.45) is 11.3 Å². The number of unbranched alkanes of at least 4 members (excludes halogenated alkanes) is 1. The maximum absolute atomic E-state index is 12.0. The summed E-state index contributed by atoms with van der Waals surface area (Å²) in [6.07, 6.45) is 5.53. The van der Waals surface area contributed by atoms with E-state index >= 15 is 0 Å². The maximum atomic E-state index is 12.0. The van der Waals surface area contributed by atoms with E-state index in [1.165, 1.54) is 12.5 Å². The summed E-state index contributed by atoms with van der Waals surface area (Å²) < 4.78 is 2.12. The lowest BCUT2D eigenvalue weighted by Gasteiger charge is -2.34. The summed E-state index contributed by atoms with van der Waals surface area (Å²) in [4.78, 5) is 46.9. The van der Waals surface area contributed by atoms with Gasteiger partial charge in [-0.05, 0) is 39.4 Å². The van der Waals surface area contributed by atoms with Crippen LogP contribution in [0.4, 0.5) is 4.79 Å². The van der Waals surface area contributed by atoms with E-state index in [0.29, 0.717) is 6.29 Å². The second-order valence-corrected chi connectivity index (χ2v) is 12.3. The van der Waals surface area contributed by atoms with Crippen molar-refractivity contribution in [2.45, 2.75) is 141 Å². The topological polar surface area (TPSA) is 131 Å². The molecule has 4 unspecified atom stereocenters. The van der Waals surface area contributed by atoms with Crippen molar-refractivity contribution < 1.29 is 24.3 Å². The molecule has 11 heteroatoms. The maximum Gasteiger partial charge on any atom is 0.326 e. The molecule has 0 aromatic rings. The molecule has 0 aliphatic rings. The van der Waals surface area contributed by atoms with Crippen LogP contribution in [0.5, 0.6) is 0 Å². The van der Waals surface area contributed by atoms with Crippen molar-refractivity contribution in [3.63, 3.8) is 0 Å². The summed E-state index contributed by atoms with van der Waals surface area (Å²) in [6.45, 7) is 35.4. The van der Waals surface area contributed by atoms with Crippen molar-refractivity contribution in [1.82, 2.24) is 25.2 Å². The number of carbonyl (C=O) groups is 4. The van der Waals surface area contributed by atoms with Gasteiger partial charge in [0, 0.05) is 24.3 Å². The molecule has 0 aromatic heterocycles. The van der Waals surface area contributed by atoms with Crippen LogP contribution in [0.15, 0.2) is 12.7 Å². The number of carbonyl (C=O) groups excluding carboxylic acids is 3. The molecule has 0 aliphatic carbocycles. The number of carboxylic acids is 1. The van der Waals surface area contributed by atoms with Crippen LogP contribution in [-0.2, 0) is 14.4 Å². The SMILES string of the molecule is C=CC(C)C(NC(=O)C(C)N(C)CCCC)C(=O)O.CC.CC.CC.CCC.CCSN(C)CC(NC(=O)NCC=O)C(C)(C)C. The molecule has 4 N–H and O–H groups in total. The highest BCUT2D eigenvalue weighted by atomic mass is 32.2. The predicted octanol–water partition coefficient (Wildman–Crippen LogP) is 7.49. The summed E-state index contributed by atoms with van der Waals surface area (Å²) in [7, 11) is 3.88. The molecule has 0 aliphatic heterocycles. The number of aldehydes is 1. The first kappa shape index (κ1) is 56.2. The summed E-state index contributed by atoms with van der Waals surface area (Å²) in [5.74, 6) is -0.608. The second-order valence-electron chi connectivity index (χ2n) is 10.8. The normalized spacial score (nSPS) is 12.4. The molecule has 4 atom stereocenters. The summed E-state index contributed by atoms with van der Waals surface area (Å²) >= 11 is 1.73. The van der Waals surface area contributed by atoms with E-state index in [1.807, 2.05) is 60.5 Å². The van der Waals surface area contributed by atoms with Gasteiger partial charge in [-0.2, -0.15) is 0 Å². The minimum absolute atomic E-state index is 0.0215. The van der Waals surface area contributed by atoms with Gasteiger partial charge in [-0.25, -0.2) is 9.59 Å². The lowest BCUT2D eigenvalue weighted by atomic mass is 9.87. The number of likely N-dealkylation sites (N-methyl/N-ethyl adjacent to an activating group) is 2. The number of carboxylic acid groups (broad SMARTS) is 1. The van der Waals surface area contributed by atoms with Gasteiger partial charge in [0.25, 0.3) is 0 Å². The average Bonchev–Trinajstić information content (AvgIpc) is 3.03. The third kappa shape index (κ3) is 34.8. The molecule has 0 radical (unpaired) electrons. The van der Waals surface area contributed by atoms with E-state index in [2.05, 4.69) is 75.3 Å². The lowest BCUT2D eigenvalue weighted by molar-refractivity contribution is -0.143. The Kier molecular flexibility index (Phi) is 47.8. The number of hydrogen-bond acceptors (Lipinski definition) is 7. The zero-order valence-electron chi connectivity index (χ0n) is 33.0. The van der Waals surface area contributed by atoms with Crippen molar-refractivity contribution in [2.75, 3.05) is 39.5 Å². The first-order valence-electron chi connectivity index (χ1n) is 17.2. The predicted molar refractivity (Wildman–Crippen MR) is 203 cm³/mol. The van der Waals surface area contributed by atoms with Gasteiger partial charge >= 0.3 is 12.0 Å². The first-order valence-corrected chi connectivity index (χ1v) is 18.2. The number of aliphatic carboxylic acids is 1. The van der Waals surface area contributed by atoms with Gasteiger partial charge in [-0.3, -0.25) is 14.0 Å². The van der Waals surface area contributed by atoms with Crippen molar-refractivity contribution >= 4 is 36.1 Å². The van der Waals surface area contributed by atoms with Crippen molar-refractivity contribution in [1.29, 1.82) is 0 Å². The number of rotatable bonds is 16. The monoisotopic (exact) mass is 680 g/mol. The average molecular weight is 680 g/mol. The number of nitrogens with one attached hydrogen (secondary N) is 3. The number of urea groups is 1. The first-order chi connectivity index (χ1) is 21.6. The van der Waals surface area contributed by atoms with Gasteiger partial charge in [-0.1, -0.05) is 128 Å². The Labute approximate surface area is 289 Å². The number of nitrogens with zero attached hydrogens (tertiary/aromatic N) is 2. The highest BCUT2D eigenvalue weighted by Gasteiger charge is 2.28. The molecular weight excluding hydrogens is 602 g/mol. The molecule has 0 saturated heterocycles. The van der Waals surface area contributed by atoms with Gasteiger partial charge < -0.3 is 25.9 Å². The fraction of sp³-hybridized carbons (Fsp3) is 0.829. The minimum Gasteiger partial charge on any atom is -0.480 e. The largest absolute Gasteiger partial charge is 0.480 e. The molecule has 278 valence electrons. The highest BCUT2D eigenvalue weighted by molar-refractivity contribution is 7.96. The van der Waals surface area contributed by atoms with Crippen molar-refractivity contribution in [3.05, 3.63) is 12.7 Å². The van der Waals surface area contributed by atoms with E-state index in [-0.39, 0.29) is 41.9 Å². The molecule has 0 bridgehead atoms. The minimum atomic E-state index is -1.04. The van der Waals surface area contributed by atoms with E-state index in [9.17, 15) is 19.2 Å². The zero-order chi connectivity index (χ0) is 37.9. The molecule has 0 aromatic carbocycles. The Morgan fingerprint density at radius 1 is 0.935 bits per heavy atom. The molecule has 0 saturated carbocycles. The molecule has 0 fully saturated rings. The molecule has 10 nitrogen and oxygen atoms in total. The zero-order valence-corrected chi connectivity index (χ0v) is 33.8. The Balaban J connectivity index is -0.000000139. The Bertz CT molecular complexity index is 720. The highest BCUT2D eigenvalue weighted by Crippen LogP contribution is 2.21. The van der Waals surface area contributed by atoms with E-state index < -0.39 is 12.0 Å². The van der Waals surface area contributed by atoms with Gasteiger partial charge in [0.05, 0.1) is 12.6 Å². The fourth-order valence-corrected chi connectivity index (χ4v) is 3.73. The van der Waals surface area contributed by atoms with Crippen LogP contribution in [0.2, 0.25) is 0 Å². The Hall–Kier alpha value is -2.11. The Morgan fingerprint density at radius 3 is 1.76 bits per heavy atom. The molecule has 0 spiro atoms. The summed E-state index contributed by atoms with van der Waals surface area (Å²) in [5.41, 5.74) is -0.0406. The van der Waals surface area contributed by atoms with Crippen LogP contribution in [0.25, 0.3) is 0 Å². The van der Waals surface area contributed by atoms with E-state index in [1.54, 1.807) is 25.8 Å². The molecule has 0 heterocycles. The number of amides is 3. The van der Waals surface area contributed by atoms with E-state index in [4.69, 9.17) is 5.11 Å². The van der Waals surface area contributed by atoms with Crippen molar-refractivity contribution in [3.8, 4) is 0 Å². The lowest BCUT2D eigenvalue weighted by Crippen LogP contribution is -2.52. The van der Waals surface area contributed by atoms with Gasteiger partial charge in [0.1, 0.15) is 12.3 Å². The van der Waals surface area contributed by atoms with Crippen LogP contribution in [0.3, 0.4) is 0 Å². The van der Waals surface area contributed by atoms with Crippen LogP contribution in [0.1, 0.15) is 123 Å². The van der Waals surface area contributed by atoms with Crippen LogP contribution in [0, 0.1) is 11.3 Å². The summed E-state index contributed by atoms with van der Waals surface area (Å²) in [5, 5.41) is 17.1. The Morgan fingerprint density at radius 2 is 1.41 bits per heavy atom. The van der Waals surface area contributed by atoms with Crippen LogP contribution in [-0.4, -0.2) is 96.1 Å². The van der Waals surface area contributed by atoms with E-state index in [0.717, 1.165) is 31.7 Å². The van der Waals surface area contributed by atoms with Gasteiger partial charge in [0.2, 0.25) is 5.91 Å².